The number of carbonyl (C=O) groups excluding carboxylic acids is 1. The molecule has 170 valence electrons. The van der Waals surface area contributed by atoms with Crippen molar-refractivity contribution in [3.63, 3.8) is 0 Å². The number of ether oxygens (including phenoxy) is 2. The number of aromatic nitrogens is 4. The Morgan fingerprint density at radius 1 is 1.18 bits per heavy atom. The van der Waals surface area contributed by atoms with Crippen LogP contribution in [0.5, 0.6) is 11.5 Å². The maximum atomic E-state index is 11.0. The van der Waals surface area contributed by atoms with E-state index in [0.29, 0.717) is 28.6 Å². The topological polar surface area (TPSA) is 106 Å². The van der Waals surface area contributed by atoms with Crippen molar-refractivity contribution < 1.29 is 14.3 Å². The zero-order valence-corrected chi connectivity index (χ0v) is 19.5. The molecular weight excluding hydrogens is 438 g/mol. The van der Waals surface area contributed by atoms with E-state index in [1.165, 1.54) is 11.8 Å². The number of rotatable bonds is 9. The molecule has 2 N–H and O–H groups in total. The van der Waals surface area contributed by atoms with Crippen molar-refractivity contribution in [2.24, 2.45) is 0 Å². The number of aldehydes is 1. The van der Waals surface area contributed by atoms with Crippen LogP contribution in [0.1, 0.15) is 24.0 Å². The highest BCUT2D eigenvalue weighted by atomic mass is 32.2. The van der Waals surface area contributed by atoms with Crippen LogP contribution < -0.4 is 15.0 Å². The zero-order valence-electron chi connectivity index (χ0n) is 18.7. The van der Waals surface area contributed by atoms with Crippen molar-refractivity contribution >= 4 is 29.2 Å². The molecule has 0 bridgehead atoms. The molecule has 4 aromatic rings. The molecule has 0 aliphatic rings. The first kappa shape index (κ1) is 22.6. The lowest BCUT2D eigenvalue weighted by Gasteiger charge is -2.09. The van der Waals surface area contributed by atoms with Crippen LogP contribution in [0.25, 0.3) is 11.2 Å². The van der Waals surface area contributed by atoms with Crippen LogP contribution >= 0.6 is 11.8 Å². The zero-order chi connectivity index (χ0) is 23.4. The number of nitrogens with zero attached hydrogens (tertiary/aromatic N) is 3. The summed E-state index contributed by atoms with van der Waals surface area (Å²) < 4.78 is 12.7. The highest BCUT2D eigenvalue weighted by molar-refractivity contribution is 7.99. The van der Waals surface area contributed by atoms with Gasteiger partial charge in [-0.25, -0.2) is 9.97 Å². The van der Waals surface area contributed by atoms with Crippen molar-refractivity contribution in [3.8, 4) is 11.5 Å². The van der Waals surface area contributed by atoms with Gasteiger partial charge >= 0.3 is 0 Å². The lowest BCUT2D eigenvalue weighted by molar-refractivity contribution is -0.108. The minimum atomic E-state index is -0.106. The van der Waals surface area contributed by atoms with Gasteiger partial charge in [0.1, 0.15) is 23.3 Å². The fraction of sp³-hybridized carbons (Fsp3) is 0.250. The molecule has 8 nitrogen and oxygen atoms in total. The molecule has 33 heavy (non-hydrogen) atoms. The van der Waals surface area contributed by atoms with Gasteiger partial charge in [0.2, 0.25) is 0 Å². The molecule has 2 heterocycles. The highest BCUT2D eigenvalue weighted by Crippen LogP contribution is 2.36. The van der Waals surface area contributed by atoms with Crippen LogP contribution in [-0.2, 0) is 17.8 Å². The minimum Gasteiger partial charge on any atom is -0.497 e. The number of fused-ring (bicyclic) bond motifs is 1. The third kappa shape index (κ3) is 4.93. The number of aryl methyl sites for hydroxylation is 2. The maximum absolute atomic E-state index is 11.0. The highest BCUT2D eigenvalue weighted by Gasteiger charge is 2.14. The van der Waals surface area contributed by atoms with E-state index in [2.05, 4.69) is 9.97 Å². The lowest BCUT2D eigenvalue weighted by atomic mass is 10.0. The van der Waals surface area contributed by atoms with E-state index < -0.39 is 0 Å². The smallest absolute Gasteiger partial charge is 0.173 e. The fourth-order valence-electron chi connectivity index (χ4n) is 3.46. The van der Waals surface area contributed by atoms with Gasteiger partial charge in [0.25, 0.3) is 0 Å². The van der Waals surface area contributed by atoms with Gasteiger partial charge in [0.15, 0.2) is 16.3 Å². The number of hydrogen-bond acceptors (Lipinski definition) is 7. The number of methoxy groups -OCH3 is 2. The second-order valence-corrected chi connectivity index (χ2v) is 8.59. The molecule has 1 unspecified atom stereocenters. The molecule has 0 spiro atoms. The van der Waals surface area contributed by atoms with E-state index in [9.17, 15) is 4.79 Å². The van der Waals surface area contributed by atoms with E-state index in [1.807, 2.05) is 54.0 Å². The third-order valence-electron chi connectivity index (χ3n) is 5.43. The molecule has 0 fully saturated rings. The molecule has 9 heteroatoms. The molecule has 0 aliphatic heterocycles. The molecule has 2 aromatic heterocycles. The van der Waals surface area contributed by atoms with Gasteiger partial charge in [0.05, 0.1) is 25.4 Å². The van der Waals surface area contributed by atoms with Crippen molar-refractivity contribution in [3.05, 3.63) is 65.4 Å². The van der Waals surface area contributed by atoms with E-state index >= 15 is 0 Å². The Morgan fingerprint density at radius 2 is 1.97 bits per heavy atom. The Hall–Kier alpha value is -3.59. The van der Waals surface area contributed by atoms with Crippen molar-refractivity contribution in [2.75, 3.05) is 14.2 Å². The summed E-state index contributed by atoms with van der Waals surface area (Å²) in [5, 5.41) is 8.83. The monoisotopic (exact) mass is 463 g/mol. The van der Waals surface area contributed by atoms with Crippen molar-refractivity contribution in [1.29, 1.82) is 5.41 Å². The number of benzene rings is 2. The summed E-state index contributed by atoms with van der Waals surface area (Å²) in [6.07, 6.45) is 3.37. The number of hydrogen-bond donors (Lipinski definition) is 2. The summed E-state index contributed by atoms with van der Waals surface area (Å²) in [4.78, 5) is 24.0. The molecule has 0 radical (unpaired) electrons. The van der Waals surface area contributed by atoms with Crippen LogP contribution in [0.15, 0.2) is 58.8 Å². The van der Waals surface area contributed by atoms with Crippen molar-refractivity contribution in [1.82, 2.24) is 19.5 Å². The van der Waals surface area contributed by atoms with Crippen LogP contribution in [0.2, 0.25) is 0 Å². The van der Waals surface area contributed by atoms with Gasteiger partial charge < -0.3 is 23.8 Å². The second kappa shape index (κ2) is 9.91. The quantitative estimate of drug-likeness (QED) is 0.364. The number of imidazole rings is 1. The molecule has 1 atom stereocenters. The summed E-state index contributed by atoms with van der Waals surface area (Å²) in [7, 11) is 3.24. The summed E-state index contributed by atoms with van der Waals surface area (Å²) in [5.41, 5.74) is 3.55. The summed E-state index contributed by atoms with van der Waals surface area (Å²) in [6.45, 7) is 2.54. The maximum Gasteiger partial charge on any atom is 0.173 e. The van der Waals surface area contributed by atoms with Crippen LogP contribution in [-0.4, -0.2) is 40.0 Å². The van der Waals surface area contributed by atoms with Gasteiger partial charge in [-0.15, -0.1) is 0 Å². The first-order valence-corrected chi connectivity index (χ1v) is 11.3. The predicted molar refractivity (Wildman–Crippen MR) is 126 cm³/mol. The molecule has 0 saturated carbocycles. The molecule has 2 aromatic carbocycles. The average Bonchev–Trinajstić information content (AvgIpc) is 3.28. The summed E-state index contributed by atoms with van der Waals surface area (Å²) in [5.74, 6) is 1.33. The summed E-state index contributed by atoms with van der Waals surface area (Å²) >= 11 is 1.41. The lowest BCUT2D eigenvalue weighted by Crippen LogP contribution is -2.13. The molecule has 0 aliphatic carbocycles. The Kier molecular flexibility index (Phi) is 6.79. The van der Waals surface area contributed by atoms with E-state index in [-0.39, 0.29) is 11.4 Å². The summed E-state index contributed by atoms with van der Waals surface area (Å²) in [6, 6.07) is 13.6. The molecular formula is C24H25N5O3S. The average molecular weight is 464 g/mol. The Bertz CT molecular complexity index is 1330. The van der Waals surface area contributed by atoms with Crippen LogP contribution in [0, 0.1) is 5.41 Å². The van der Waals surface area contributed by atoms with Crippen LogP contribution in [0.3, 0.4) is 0 Å². The van der Waals surface area contributed by atoms with Gasteiger partial charge in [-0.2, -0.15) is 0 Å². The van der Waals surface area contributed by atoms with Gasteiger partial charge in [-0.05, 0) is 47.5 Å². The van der Waals surface area contributed by atoms with Gasteiger partial charge in [0, 0.05) is 12.5 Å². The molecule has 4 rings (SSSR count). The number of carbonyl (C=O) groups is 1. The normalized spacial score (nSPS) is 12.0. The standard InChI is InChI=1S/C24H25N5O3S/c1-15(13-30)17-6-4-16(5-7-17)10-11-29-14-26-22(25)21-23(29)28-24(27-21)33-20-12-18(31-2)8-9-19(20)32-3/h4-9,12-15,25H,10-11H2,1-3H3,(H,27,28). The van der Waals surface area contributed by atoms with E-state index in [0.717, 1.165) is 34.5 Å². The van der Waals surface area contributed by atoms with Gasteiger partial charge in [-0.3, -0.25) is 5.41 Å². The molecule has 0 saturated heterocycles. The number of H-pyrrole nitrogens is 1. The Morgan fingerprint density at radius 3 is 2.67 bits per heavy atom. The minimum absolute atomic E-state index is 0.106. The largest absolute Gasteiger partial charge is 0.497 e. The molecule has 0 amide bonds. The number of aromatic amines is 1. The first-order valence-electron chi connectivity index (χ1n) is 10.5. The third-order valence-corrected chi connectivity index (χ3v) is 6.35. The van der Waals surface area contributed by atoms with Crippen molar-refractivity contribution in [2.45, 2.75) is 35.9 Å². The number of nitrogens with one attached hydrogen (secondary N) is 2. The van der Waals surface area contributed by atoms with Crippen LogP contribution in [0.4, 0.5) is 0 Å². The fourth-order valence-corrected chi connectivity index (χ4v) is 4.38. The SMILES string of the molecule is COc1ccc(OC)c(Sc2nc3c([nH]2)c(=N)ncn3CCc2ccc(C(C)C=O)cc2)c1. The predicted octanol–water partition coefficient (Wildman–Crippen LogP) is 3.95. The van der Waals surface area contributed by atoms with E-state index in [4.69, 9.17) is 19.9 Å². The Labute approximate surface area is 195 Å². The van der Waals surface area contributed by atoms with Gasteiger partial charge in [-0.1, -0.05) is 31.2 Å². The first-order chi connectivity index (χ1) is 16.0. The van der Waals surface area contributed by atoms with E-state index in [1.54, 1.807) is 20.5 Å². The Balaban J connectivity index is 1.58. The second-order valence-electron chi connectivity index (χ2n) is 7.56.